The number of pyridine rings is 1. The summed E-state index contributed by atoms with van der Waals surface area (Å²) < 4.78 is 5.56. The van der Waals surface area contributed by atoms with Gasteiger partial charge in [-0.15, -0.1) is 10.2 Å². The molecule has 0 bridgehead atoms. The fourth-order valence-electron chi connectivity index (χ4n) is 4.69. The number of benzene rings is 1. The first-order valence-electron chi connectivity index (χ1n) is 12.5. The lowest BCUT2D eigenvalue weighted by Crippen LogP contribution is -2.26. The SMILES string of the molecule is CCCCc1cn(-c2c(Cl)ccn2CCC)c(=O)n1Cc1cnccc1-c1ccccc1-c1nn[nH]n1. The monoisotopic (exact) mass is 516 g/mol. The molecule has 0 saturated carbocycles. The van der Waals surface area contributed by atoms with E-state index in [1.54, 1.807) is 10.8 Å². The van der Waals surface area contributed by atoms with Crippen LogP contribution in [-0.2, 0) is 19.5 Å². The van der Waals surface area contributed by atoms with E-state index < -0.39 is 0 Å². The van der Waals surface area contributed by atoms with E-state index in [1.807, 2.05) is 64.1 Å². The highest BCUT2D eigenvalue weighted by atomic mass is 35.5. The van der Waals surface area contributed by atoms with Crippen molar-refractivity contribution in [1.82, 2.24) is 39.3 Å². The Morgan fingerprint density at radius 2 is 1.86 bits per heavy atom. The number of imidazole rings is 1. The molecule has 0 unspecified atom stereocenters. The zero-order valence-electron chi connectivity index (χ0n) is 20.9. The number of rotatable bonds is 10. The van der Waals surface area contributed by atoms with Crippen LogP contribution in [0.3, 0.4) is 0 Å². The van der Waals surface area contributed by atoms with Crippen molar-refractivity contribution in [3.8, 4) is 28.3 Å². The van der Waals surface area contributed by atoms with Gasteiger partial charge in [0.05, 0.1) is 11.6 Å². The molecule has 37 heavy (non-hydrogen) atoms. The fourth-order valence-corrected chi connectivity index (χ4v) is 4.95. The third-order valence-corrected chi connectivity index (χ3v) is 6.76. The molecular formula is C27H29ClN8O. The molecule has 0 radical (unpaired) electrons. The molecule has 4 heterocycles. The first kappa shape index (κ1) is 24.7. The summed E-state index contributed by atoms with van der Waals surface area (Å²) in [6.07, 6.45) is 11.2. The van der Waals surface area contributed by atoms with Crippen LogP contribution in [0.1, 0.15) is 44.4 Å². The number of hydrogen-bond acceptors (Lipinski definition) is 5. The maximum absolute atomic E-state index is 13.9. The molecule has 5 rings (SSSR count). The molecule has 0 amide bonds. The van der Waals surface area contributed by atoms with Crippen LogP contribution < -0.4 is 5.69 Å². The molecule has 0 aliphatic carbocycles. The maximum atomic E-state index is 13.9. The molecule has 0 saturated heterocycles. The molecule has 190 valence electrons. The lowest BCUT2D eigenvalue weighted by atomic mass is 9.96. The number of aryl methyl sites for hydroxylation is 2. The first-order valence-corrected chi connectivity index (χ1v) is 12.9. The standard InChI is InChI=1S/C27H29ClN8O/c1-3-5-8-20-18-36(26-24(28)12-15-34(26)14-4-2)27(37)35(20)17-19-16-29-13-11-21(19)22-9-6-7-10-23(22)25-30-32-33-31-25/h6-7,9-13,15-16,18H,3-5,8,14,17H2,1-2H3,(H,30,31,32,33). The fraction of sp³-hybridized carbons (Fsp3) is 0.296. The Morgan fingerprint density at radius 1 is 1.03 bits per heavy atom. The Morgan fingerprint density at radius 3 is 2.62 bits per heavy atom. The number of aromatic nitrogens is 8. The molecule has 1 N–H and O–H groups in total. The van der Waals surface area contributed by atoms with Gasteiger partial charge in [0.2, 0.25) is 5.82 Å². The molecule has 0 atom stereocenters. The van der Waals surface area contributed by atoms with Gasteiger partial charge in [-0.2, -0.15) is 5.21 Å². The van der Waals surface area contributed by atoms with E-state index in [-0.39, 0.29) is 5.69 Å². The predicted octanol–water partition coefficient (Wildman–Crippen LogP) is 5.14. The van der Waals surface area contributed by atoms with Crippen molar-refractivity contribution in [2.45, 2.75) is 52.6 Å². The summed E-state index contributed by atoms with van der Waals surface area (Å²) in [5.41, 5.74) is 4.53. The molecule has 0 spiro atoms. The van der Waals surface area contributed by atoms with E-state index in [0.29, 0.717) is 23.2 Å². The number of unbranched alkanes of at least 4 members (excludes halogenated alkanes) is 1. The number of halogens is 1. The second-order valence-corrected chi connectivity index (χ2v) is 9.36. The zero-order valence-corrected chi connectivity index (χ0v) is 21.7. The van der Waals surface area contributed by atoms with Crippen LogP contribution in [0.25, 0.3) is 28.3 Å². The third kappa shape index (κ3) is 4.86. The lowest BCUT2D eigenvalue weighted by Gasteiger charge is -2.14. The van der Waals surface area contributed by atoms with Gasteiger partial charge < -0.3 is 4.57 Å². The highest BCUT2D eigenvalue weighted by Gasteiger charge is 2.20. The third-order valence-electron chi connectivity index (χ3n) is 6.46. The van der Waals surface area contributed by atoms with Gasteiger partial charge in [0, 0.05) is 42.6 Å². The molecule has 0 aliphatic heterocycles. The van der Waals surface area contributed by atoms with Gasteiger partial charge >= 0.3 is 5.69 Å². The van der Waals surface area contributed by atoms with Crippen LogP contribution in [-0.4, -0.2) is 39.3 Å². The molecule has 1 aromatic carbocycles. The van der Waals surface area contributed by atoms with Gasteiger partial charge in [-0.05, 0) is 53.3 Å². The molecule has 0 fully saturated rings. The Labute approximate surface area is 219 Å². The average molecular weight is 517 g/mol. The minimum atomic E-state index is -0.120. The van der Waals surface area contributed by atoms with Crippen LogP contribution in [0.4, 0.5) is 0 Å². The number of nitrogens with zero attached hydrogens (tertiary/aromatic N) is 7. The van der Waals surface area contributed by atoms with Gasteiger partial charge in [0.15, 0.2) is 0 Å². The average Bonchev–Trinajstić information content (AvgIpc) is 3.65. The Balaban J connectivity index is 1.62. The highest BCUT2D eigenvalue weighted by Crippen LogP contribution is 2.32. The predicted molar refractivity (Wildman–Crippen MR) is 144 cm³/mol. The van der Waals surface area contributed by atoms with E-state index in [1.165, 1.54) is 0 Å². The van der Waals surface area contributed by atoms with E-state index in [0.717, 1.165) is 60.2 Å². The van der Waals surface area contributed by atoms with Gasteiger partial charge in [-0.3, -0.25) is 14.1 Å². The van der Waals surface area contributed by atoms with Gasteiger partial charge in [0.25, 0.3) is 0 Å². The number of hydrogen-bond donors (Lipinski definition) is 1. The Kier molecular flexibility index (Phi) is 7.32. The van der Waals surface area contributed by atoms with E-state index >= 15 is 0 Å². The van der Waals surface area contributed by atoms with Crippen LogP contribution in [0.5, 0.6) is 0 Å². The molecule has 10 heteroatoms. The Hall–Kier alpha value is -3.98. The van der Waals surface area contributed by atoms with Crippen molar-refractivity contribution in [3.05, 3.63) is 87.9 Å². The number of aromatic amines is 1. The minimum Gasteiger partial charge on any atom is -0.333 e. The smallest absolute Gasteiger partial charge is 0.333 e. The summed E-state index contributed by atoms with van der Waals surface area (Å²) >= 11 is 6.57. The van der Waals surface area contributed by atoms with Gasteiger partial charge in [0.1, 0.15) is 5.82 Å². The van der Waals surface area contributed by atoms with Crippen LogP contribution in [0.15, 0.2) is 66.0 Å². The van der Waals surface area contributed by atoms with Crippen LogP contribution in [0.2, 0.25) is 5.02 Å². The van der Waals surface area contributed by atoms with Crippen molar-refractivity contribution in [3.63, 3.8) is 0 Å². The minimum absolute atomic E-state index is 0.120. The summed E-state index contributed by atoms with van der Waals surface area (Å²) in [7, 11) is 0. The van der Waals surface area contributed by atoms with Crippen molar-refractivity contribution in [2.75, 3.05) is 0 Å². The molecule has 9 nitrogen and oxygen atoms in total. The largest absolute Gasteiger partial charge is 0.334 e. The lowest BCUT2D eigenvalue weighted by molar-refractivity contribution is 0.645. The van der Waals surface area contributed by atoms with Crippen LogP contribution >= 0.6 is 11.6 Å². The molecule has 5 aromatic rings. The summed E-state index contributed by atoms with van der Waals surface area (Å²) in [6.45, 7) is 5.41. The quantitative estimate of drug-likeness (QED) is 0.277. The molecule has 4 aromatic heterocycles. The van der Waals surface area contributed by atoms with Crippen molar-refractivity contribution < 1.29 is 0 Å². The number of H-pyrrole nitrogens is 1. The van der Waals surface area contributed by atoms with Crippen molar-refractivity contribution in [2.24, 2.45) is 0 Å². The first-order chi connectivity index (χ1) is 18.1. The summed E-state index contributed by atoms with van der Waals surface area (Å²) in [6, 6.07) is 11.7. The zero-order chi connectivity index (χ0) is 25.8. The second-order valence-electron chi connectivity index (χ2n) is 8.96. The van der Waals surface area contributed by atoms with E-state index in [2.05, 4.69) is 39.5 Å². The van der Waals surface area contributed by atoms with Gasteiger partial charge in [-0.1, -0.05) is 56.1 Å². The van der Waals surface area contributed by atoms with Crippen LogP contribution in [0, 0.1) is 0 Å². The Bertz CT molecular complexity index is 1550. The summed E-state index contributed by atoms with van der Waals surface area (Å²) in [4.78, 5) is 18.3. The summed E-state index contributed by atoms with van der Waals surface area (Å²) in [5, 5.41) is 15.2. The molecular weight excluding hydrogens is 488 g/mol. The maximum Gasteiger partial charge on any atom is 0.334 e. The second kappa shape index (κ2) is 11.0. The molecule has 0 aliphatic rings. The van der Waals surface area contributed by atoms with Gasteiger partial charge in [-0.25, -0.2) is 4.79 Å². The number of tetrazole rings is 1. The van der Waals surface area contributed by atoms with Crippen molar-refractivity contribution >= 4 is 11.6 Å². The van der Waals surface area contributed by atoms with E-state index in [4.69, 9.17) is 11.6 Å². The number of nitrogens with one attached hydrogen (secondary N) is 1. The normalized spacial score (nSPS) is 11.3. The highest BCUT2D eigenvalue weighted by molar-refractivity contribution is 6.32. The van der Waals surface area contributed by atoms with Crippen molar-refractivity contribution in [1.29, 1.82) is 0 Å². The summed E-state index contributed by atoms with van der Waals surface area (Å²) in [5.74, 6) is 1.22. The topological polar surface area (TPSA) is 99.2 Å². The van der Waals surface area contributed by atoms with E-state index in [9.17, 15) is 4.79 Å².